The average molecular weight is 1580 g/mol. The van der Waals surface area contributed by atoms with Gasteiger partial charge in [0.2, 0.25) is 0 Å². The first-order valence-electron chi connectivity index (χ1n) is 34.2. The standard InChI is InChI=1S/C19H20N4O4S.2C18H18N4O4S.C18H18N4O3S2/c1-13-17-12-15(6-9-18(17)27-21-13)20-19(24)14-4-7-16(8-5-14)23-11-3-10-22(2)28(23,25)26;1-21-9-2-10-22(27(21,24)25)15-6-3-13(4-7-15)18(23)20-14-5-8-17-16(11-14)19-12-26-17;1-21-9-2-10-22(27(21,24)25)15-6-3-13(4-7-15)18(23)20-14-5-8-16-17(11-14)26-12-19-16;1-21-9-2-10-22(27(21,24)25)15-6-3-13(4-7-15)18(23)20-14-5-8-17-16(11-14)19-12-26-17/h4-9,12H,3,10-11H2,1-2H3,(H,20,24);3*3-8,11-12H,2,9-10H2,1H3,(H,20,23). The van der Waals surface area contributed by atoms with Gasteiger partial charge in [0.1, 0.15) is 11.0 Å². The number of aromatic nitrogens is 4. The van der Waals surface area contributed by atoms with Gasteiger partial charge in [-0.3, -0.25) is 36.4 Å². The Labute approximate surface area is 632 Å². The minimum Gasteiger partial charge on any atom is -0.443 e. The van der Waals surface area contributed by atoms with Crippen LogP contribution in [0.15, 0.2) is 202 Å². The van der Waals surface area contributed by atoms with Gasteiger partial charge in [0.25, 0.3) is 23.6 Å². The van der Waals surface area contributed by atoms with Gasteiger partial charge in [-0.05, 0) is 196 Å². The van der Waals surface area contributed by atoms with Crippen molar-refractivity contribution >= 4 is 165 Å². The molecule has 31 nitrogen and oxygen atoms in total. The van der Waals surface area contributed by atoms with Crippen molar-refractivity contribution in [3.05, 3.63) is 216 Å². The maximum atomic E-state index is 12.6. The Bertz CT molecular complexity index is 5430. The number of fused-ring (bicyclic) bond motifs is 4. The predicted octanol–water partition coefficient (Wildman–Crippen LogP) is 10.6. The minimum absolute atomic E-state index is 0.255. The smallest absolute Gasteiger partial charge is 0.303 e. The number of anilines is 8. The fourth-order valence-corrected chi connectivity index (χ4v) is 18.7. The number of carbonyl (C=O) groups excluding carboxylic acids is 4. The molecule has 12 aromatic rings. The monoisotopic (exact) mass is 1570 g/mol. The lowest BCUT2D eigenvalue weighted by molar-refractivity contribution is 0.101. The molecule has 4 N–H and O–H groups in total. The Morgan fingerprint density at radius 2 is 0.706 bits per heavy atom. The summed E-state index contributed by atoms with van der Waals surface area (Å²) in [6.07, 6.45) is 5.71. The summed E-state index contributed by atoms with van der Waals surface area (Å²) in [6.45, 7) is 5.60. The average Bonchev–Trinajstić information content (AvgIpc) is 1.40. The molecule has 4 fully saturated rings. The van der Waals surface area contributed by atoms with Crippen LogP contribution in [-0.4, -0.2) is 175 Å². The van der Waals surface area contributed by atoms with Crippen LogP contribution in [0.5, 0.6) is 0 Å². The van der Waals surface area contributed by atoms with Crippen LogP contribution >= 0.6 is 11.3 Å². The number of nitrogens with zero attached hydrogens (tertiary/aromatic N) is 12. The number of benzene rings is 8. The topological polar surface area (TPSA) is 370 Å². The minimum atomic E-state index is -3.50. The molecule has 0 aliphatic carbocycles. The number of hydrogen-bond acceptors (Lipinski definition) is 20. The summed E-state index contributed by atoms with van der Waals surface area (Å²) in [5.74, 6) is -1.12. The van der Waals surface area contributed by atoms with Gasteiger partial charge < -0.3 is 34.6 Å². The first-order chi connectivity index (χ1) is 52.2. The molecule has 109 heavy (non-hydrogen) atoms. The first kappa shape index (κ1) is 76.0. The summed E-state index contributed by atoms with van der Waals surface area (Å²) < 4.78 is 127. The third-order valence-corrected chi connectivity index (χ3v) is 26.9. The van der Waals surface area contributed by atoms with Gasteiger partial charge in [-0.15, -0.1) is 11.3 Å². The summed E-state index contributed by atoms with van der Waals surface area (Å²) in [5, 5.41) is 16.0. The highest BCUT2D eigenvalue weighted by Gasteiger charge is 2.35. The van der Waals surface area contributed by atoms with Crippen LogP contribution in [0.4, 0.5) is 45.5 Å². The Kier molecular flexibility index (Phi) is 22.3. The van der Waals surface area contributed by atoms with E-state index in [1.165, 1.54) is 47.2 Å². The van der Waals surface area contributed by atoms with E-state index in [1.54, 1.807) is 191 Å². The van der Waals surface area contributed by atoms with E-state index in [9.17, 15) is 52.8 Å². The maximum absolute atomic E-state index is 12.6. The zero-order valence-electron chi connectivity index (χ0n) is 59.4. The Morgan fingerprint density at radius 3 is 1.12 bits per heavy atom. The largest absolute Gasteiger partial charge is 0.443 e. The molecule has 16 rings (SSSR count). The van der Waals surface area contributed by atoms with Crippen LogP contribution in [0.3, 0.4) is 0 Å². The fourth-order valence-electron chi connectivity index (χ4n) is 12.3. The second-order valence-corrected chi connectivity index (χ2v) is 34.3. The van der Waals surface area contributed by atoms with Gasteiger partial charge in [0.05, 0.1) is 44.2 Å². The zero-order chi connectivity index (χ0) is 76.9. The molecule has 0 unspecified atom stereocenters. The van der Waals surface area contributed by atoms with Crippen molar-refractivity contribution in [1.29, 1.82) is 0 Å². The van der Waals surface area contributed by atoms with Crippen LogP contribution in [0.2, 0.25) is 0 Å². The zero-order valence-corrected chi connectivity index (χ0v) is 63.5. The van der Waals surface area contributed by atoms with E-state index in [-0.39, 0.29) is 23.6 Å². The number of thiazole rings is 1. The molecule has 4 aliphatic heterocycles. The highest BCUT2D eigenvalue weighted by molar-refractivity contribution is 7.91. The summed E-state index contributed by atoms with van der Waals surface area (Å²) in [4.78, 5) is 62.3. The van der Waals surface area contributed by atoms with Crippen LogP contribution in [0.25, 0.3) is 43.4 Å². The molecule has 0 radical (unpaired) electrons. The SMILES string of the molecule is CN1CCCN(c2ccc(C(=O)Nc3ccc4ncoc4c3)cc2)S1(=O)=O.CN1CCCN(c2ccc(C(=O)Nc3ccc4ocnc4c3)cc2)S1(=O)=O.CN1CCCN(c2ccc(C(=O)Nc3ccc4scnc4c3)cc2)S1(=O)=O.Cc1noc2ccc(NC(=O)c3ccc(N4CCCN(C)S4(=O)=O)cc3)cc12. The number of nitrogens with one attached hydrogen (secondary N) is 4. The highest BCUT2D eigenvalue weighted by atomic mass is 32.2. The van der Waals surface area contributed by atoms with Gasteiger partial charge in [-0.25, -0.2) is 15.0 Å². The van der Waals surface area contributed by atoms with E-state index < -0.39 is 40.8 Å². The normalized spacial score (nSPS) is 17.1. The molecule has 4 amide bonds. The molecular formula is C73H74N16O15S5. The van der Waals surface area contributed by atoms with E-state index in [1.807, 2.05) is 31.2 Å². The van der Waals surface area contributed by atoms with E-state index in [4.69, 9.17) is 13.4 Å². The molecule has 0 saturated carbocycles. The molecule has 0 spiro atoms. The molecule has 8 heterocycles. The van der Waals surface area contributed by atoms with Gasteiger partial charge in [-0.1, -0.05) is 5.16 Å². The molecule has 4 aliphatic rings. The van der Waals surface area contributed by atoms with Crippen molar-refractivity contribution in [2.75, 3.05) is 119 Å². The Hall–Kier alpha value is -11.2. The van der Waals surface area contributed by atoms with Gasteiger partial charge >= 0.3 is 40.8 Å². The lowest BCUT2D eigenvalue weighted by Crippen LogP contribution is -2.47. The van der Waals surface area contributed by atoms with Crippen molar-refractivity contribution in [3.63, 3.8) is 0 Å². The van der Waals surface area contributed by atoms with Crippen molar-refractivity contribution in [1.82, 2.24) is 37.3 Å². The second-order valence-electron chi connectivity index (χ2n) is 25.6. The second kappa shape index (κ2) is 31.9. The summed E-state index contributed by atoms with van der Waals surface area (Å²) in [6, 6.07) is 47.5. The molecule has 4 aromatic heterocycles. The number of carbonyl (C=O) groups is 4. The fraction of sp³-hybridized carbons (Fsp3) is 0.233. The van der Waals surface area contributed by atoms with Gasteiger partial charge in [0, 0.05) is 137 Å². The molecular weight excluding hydrogens is 1500 g/mol. The van der Waals surface area contributed by atoms with E-state index in [0.29, 0.717) is 148 Å². The maximum Gasteiger partial charge on any atom is 0.303 e. The summed E-state index contributed by atoms with van der Waals surface area (Å²) >= 11 is 1.55. The molecule has 0 atom stereocenters. The molecule has 4 saturated heterocycles. The van der Waals surface area contributed by atoms with Gasteiger partial charge in [0.15, 0.2) is 29.5 Å². The highest BCUT2D eigenvalue weighted by Crippen LogP contribution is 2.32. The van der Waals surface area contributed by atoms with Crippen molar-refractivity contribution in [2.45, 2.75) is 32.6 Å². The van der Waals surface area contributed by atoms with E-state index >= 15 is 0 Å². The number of aryl methyl sites for hydroxylation is 1. The van der Waals surface area contributed by atoms with Crippen molar-refractivity contribution in [2.24, 2.45) is 0 Å². The Morgan fingerprint density at radius 1 is 0.367 bits per heavy atom. The number of hydrogen-bond donors (Lipinski definition) is 4. The third kappa shape index (κ3) is 16.8. The van der Waals surface area contributed by atoms with Crippen LogP contribution < -0.4 is 38.5 Å². The van der Waals surface area contributed by atoms with Crippen molar-refractivity contribution in [3.8, 4) is 0 Å². The van der Waals surface area contributed by atoms with E-state index in [2.05, 4.69) is 41.4 Å². The first-order valence-corrected chi connectivity index (χ1v) is 40.7. The molecule has 8 aromatic carbocycles. The number of amides is 4. The van der Waals surface area contributed by atoms with Gasteiger partial charge in [-0.2, -0.15) is 50.9 Å². The van der Waals surface area contributed by atoms with E-state index in [0.717, 1.165) is 47.0 Å². The predicted molar refractivity (Wildman–Crippen MR) is 418 cm³/mol. The lowest BCUT2D eigenvalue weighted by atomic mass is 10.1. The summed E-state index contributed by atoms with van der Waals surface area (Å²) in [7, 11) is -7.73. The van der Waals surface area contributed by atoms with Crippen LogP contribution in [0, 0.1) is 6.92 Å². The number of rotatable bonds is 12. The Balaban J connectivity index is 0.000000128. The molecule has 36 heteroatoms. The lowest BCUT2D eigenvalue weighted by Gasteiger charge is -2.33. The third-order valence-electron chi connectivity index (χ3n) is 18.4. The van der Waals surface area contributed by atoms with Crippen LogP contribution in [0.1, 0.15) is 72.8 Å². The van der Waals surface area contributed by atoms with Crippen LogP contribution in [-0.2, 0) is 40.8 Å². The molecule has 566 valence electrons. The summed E-state index contributed by atoms with van der Waals surface area (Å²) in [5.41, 5.74) is 13.1. The number of oxazole rings is 2. The quantitative estimate of drug-likeness (QED) is 0.0882. The molecule has 0 bridgehead atoms. The van der Waals surface area contributed by atoms with Crippen molar-refractivity contribution < 1.29 is 66.2 Å².